The zero-order valence-electron chi connectivity index (χ0n) is 8.00. The topological polar surface area (TPSA) is 37.5 Å². The van der Waals surface area contributed by atoms with E-state index in [-0.39, 0.29) is 12.4 Å². The Bertz CT molecular complexity index is 156. The smallest absolute Gasteiger partial charge is 0.120 e. The number of hydrogen-bond acceptors (Lipinski definition) is 2. The van der Waals surface area contributed by atoms with Crippen LogP contribution in [-0.2, 0) is 0 Å². The number of halogens is 1. The van der Waals surface area contributed by atoms with Crippen LogP contribution in [-0.4, -0.2) is 44.0 Å². The third-order valence-corrected chi connectivity index (χ3v) is 1.76. The highest BCUT2D eigenvalue weighted by Gasteiger charge is 2.29. The highest BCUT2D eigenvalue weighted by atomic mass is 35.5. The molecule has 4 heteroatoms. The maximum absolute atomic E-state index is 4.28. The lowest BCUT2D eigenvalue weighted by molar-refractivity contribution is 0.400. The minimum absolute atomic E-state index is 0. The van der Waals surface area contributed by atoms with Gasteiger partial charge in [0.2, 0.25) is 0 Å². The fourth-order valence-corrected chi connectivity index (χ4v) is 1.06. The average molecular weight is 192 g/mol. The van der Waals surface area contributed by atoms with Gasteiger partial charge in [-0.1, -0.05) is 0 Å². The average Bonchev–Trinajstić information content (AvgIpc) is 2.64. The molecule has 1 N–H and O–H groups in total. The van der Waals surface area contributed by atoms with E-state index in [0.29, 0.717) is 6.04 Å². The first-order valence-electron chi connectivity index (χ1n) is 4.19. The van der Waals surface area contributed by atoms with Crippen molar-refractivity contribution >= 4 is 18.2 Å². The van der Waals surface area contributed by atoms with Crippen LogP contribution < -0.4 is 5.32 Å². The van der Waals surface area contributed by atoms with E-state index in [1.165, 1.54) is 12.3 Å². The Kier molecular flexibility index (Phi) is 5.25. The van der Waals surface area contributed by atoms with E-state index >= 15 is 0 Å². The highest BCUT2D eigenvalue weighted by molar-refractivity contribution is 6.01. The highest BCUT2D eigenvalue weighted by Crippen LogP contribution is 2.07. The third-order valence-electron chi connectivity index (χ3n) is 1.76. The van der Waals surface area contributed by atoms with Gasteiger partial charge in [-0.25, -0.2) is 0 Å². The van der Waals surface area contributed by atoms with Gasteiger partial charge in [0.1, 0.15) is 5.84 Å². The Morgan fingerprint density at radius 1 is 1.50 bits per heavy atom. The van der Waals surface area contributed by atoms with Gasteiger partial charge in [-0.15, -0.1) is 12.4 Å². The van der Waals surface area contributed by atoms with Gasteiger partial charge >= 0.3 is 0 Å². The number of aliphatic imine (C=N–C) groups is 1. The van der Waals surface area contributed by atoms with Crippen molar-refractivity contribution in [1.29, 1.82) is 0 Å². The fraction of sp³-hybridized carbons (Fsp3) is 0.875. The Labute approximate surface area is 80.6 Å². The van der Waals surface area contributed by atoms with Crippen LogP contribution in [0, 0.1) is 0 Å². The molecule has 0 spiro atoms. The van der Waals surface area contributed by atoms with E-state index in [1.807, 2.05) is 0 Å². The van der Waals surface area contributed by atoms with E-state index in [0.717, 1.165) is 13.1 Å². The van der Waals surface area contributed by atoms with Crippen LogP contribution in [0.15, 0.2) is 4.99 Å². The fourth-order valence-electron chi connectivity index (χ4n) is 1.06. The van der Waals surface area contributed by atoms with E-state index in [2.05, 4.69) is 36.2 Å². The van der Waals surface area contributed by atoms with E-state index in [9.17, 15) is 0 Å². The summed E-state index contributed by atoms with van der Waals surface area (Å²) in [6.45, 7) is 4.11. The van der Waals surface area contributed by atoms with Crippen molar-refractivity contribution in [2.45, 2.75) is 19.4 Å². The summed E-state index contributed by atoms with van der Waals surface area (Å²) in [6, 6.07) is 0.581. The van der Waals surface area contributed by atoms with Gasteiger partial charge in [0.25, 0.3) is 0 Å². The van der Waals surface area contributed by atoms with Crippen LogP contribution in [0.1, 0.15) is 13.3 Å². The summed E-state index contributed by atoms with van der Waals surface area (Å²) in [4.78, 5) is 6.48. The zero-order chi connectivity index (χ0) is 8.27. The molecule has 1 fully saturated rings. The molecule has 0 saturated carbocycles. The molecule has 0 radical (unpaired) electrons. The molecule has 0 amide bonds. The summed E-state index contributed by atoms with van der Waals surface area (Å²) < 4.78 is 0. The molecule has 0 aromatic rings. The largest absolute Gasteiger partial charge is 0.362 e. The Morgan fingerprint density at radius 3 is 2.67 bits per heavy atom. The molecule has 3 nitrogen and oxygen atoms in total. The van der Waals surface area contributed by atoms with Crippen LogP contribution in [0.2, 0.25) is 0 Å². The van der Waals surface area contributed by atoms with Crippen LogP contribution in [0.25, 0.3) is 0 Å². The quantitative estimate of drug-likeness (QED) is 0.666. The first kappa shape index (κ1) is 11.7. The molecule has 72 valence electrons. The second-order valence-corrected chi connectivity index (χ2v) is 3.15. The minimum atomic E-state index is 0. The summed E-state index contributed by atoms with van der Waals surface area (Å²) in [5.74, 6) is 1.20. The standard InChI is InChI=1S/C8H17N3.ClH/c1-4-9-8-7(10-8)5-6-11(2)3;/h7H,4-6H2,1-3H3,(H,9,10);1H. The Balaban J connectivity index is 0.00000121. The summed E-state index contributed by atoms with van der Waals surface area (Å²) in [5, 5.41) is 3.25. The molecule has 0 aliphatic carbocycles. The molecule has 1 saturated heterocycles. The summed E-state index contributed by atoms with van der Waals surface area (Å²) in [6.07, 6.45) is 1.19. The molecule has 1 rings (SSSR count). The monoisotopic (exact) mass is 191 g/mol. The molecular formula is C8H18ClN3. The molecule has 1 heterocycles. The van der Waals surface area contributed by atoms with Gasteiger partial charge in [-0.05, 0) is 34.0 Å². The number of hydrogen-bond donors (Lipinski definition) is 1. The SMILES string of the molecule is CCN=C1NC1CCN(C)C.Cl. The van der Waals surface area contributed by atoms with Gasteiger partial charge in [0, 0.05) is 6.54 Å². The molecule has 0 aromatic carbocycles. The van der Waals surface area contributed by atoms with Crippen molar-refractivity contribution < 1.29 is 0 Å². The van der Waals surface area contributed by atoms with Crippen LogP contribution in [0.5, 0.6) is 0 Å². The number of nitrogens with one attached hydrogen (secondary N) is 1. The van der Waals surface area contributed by atoms with Gasteiger partial charge in [-0.2, -0.15) is 0 Å². The zero-order valence-corrected chi connectivity index (χ0v) is 8.82. The minimum Gasteiger partial charge on any atom is -0.362 e. The molecule has 1 unspecified atom stereocenters. The molecular weight excluding hydrogens is 174 g/mol. The van der Waals surface area contributed by atoms with E-state index < -0.39 is 0 Å². The number of amidine groups is 1. The maximum atomic E-state index is 4.28. The Hall–Kier alpha value is -0.280. The molecule has 0 bridgehead atoms. The number of rotatable bonds is 4. The molecule has 12 heavy (non-hydrogen) atoms. The van der Waals surface area contributed by atoms with Gasteiger partial charge in [0.05, 0.1) is 6.04 Å². The van der Waals surface area contributed by atoms with Crippen LogP contribution in [0.3, 0.4) is 0 Å². The van der Waals surface area contributed by atoms with Crippen molar-refractivity contribution in [1.82, 2.24) is 10.2 Å². The van der Waals surface area contributed by atoms with Crippen molar-refractivity contribution in [3.8, 4) is 0 Å². The predicted molar refractivity (Wildman–Crippen MR) is 55.3 cm³/mol. The van der Waals surface area contributed by atoms with Gasteiger partial charge in [0.15, 0.2) is 0 Å². The van der Waals surface area contributed by atoms with Crippen molar-refractivity contribution in [3.05, 3.63) is 0 Å². The maximum Gasteiger partial charge on any atom is 0.120 e. The molecule has 0 aromatic heterocycles. The third kappa shape index (κ3) is 3.93. The second-order valence-electron chi connectivity index (χ2n) is 3.15. The first-order valence-corrected chi connectivity index (χ1v) is 4.19. The van der Waals surface area contributed by atoms with Gasteiger partial charge in [-0.3, -0.25) is 4.99 Å². The summed E-state index contributed by atoms with van der Waals surface area (Å²) in [5.41, 5.74) is 0. The second kappa shape index (κ2) is 5.38. The summed E-state index contributed by atoms with van der Waals surface area (Å²) in [7, 11) is 4.19. The van der Waals surface area contributed by atoms with Crippen molar-refractivity contribution in [3.63, 3.8) is 0 Å². The lowest BCUT2D eigenvalue weighted by Crippen LogP contribution is -2.15. The van der Waals surface area contributed by atoms with Crippen molar-refractivity contribution in [2.24, 2.45) is 4.99 Å². The van der Waals surface area contributed by atoms with E-state index in [4.69, 9.17) is 0 Å². The normalized spacial score (nSPS) is 23.7. The van der Waals surface area contributed by atoms with Gasteiger partial charge < -0.3 is 10.2 Å². The van der Waals surface area contributed by atoms with E-state index in [1.54, 1.807) is 0 Å². The van der Waals surface area contributed by atoms with Crippen LogP contribution >= 0.6 is 12.4 Å². The van der Waals surface area contributed by atoms with Crippen molar-refractivity contribution in [2.75, 3.05) is 27.2 Å². The lowest BCUT2D eigenvalue weighted by Gasteiger charge is -2.05. The predicted octanol–water partition coefficient (Wildman–Crippen LogP) is 0.750. The first-order chi connectivity index (χ1) is 5.24. The van der Waals surface area contributed by atoms with Crippen LogP contribution in [0.4, 0.5) is 0 Å². The summed E-state index contributed by atoms with van der Waals surface area (Å²) >= 11 is 0. The molecule has 1 aliphatic rings. The molecule has 1 atom stereocenters. The molecule has 1 aliphatic heterocycles. The Morgan fingerprint density at radius 2 is 2.17 bits per heavy atom. The lowest BCUT2D eigenvalue weighted by atomic mass is 10.3. The number of nitrogens with zero attached hydrogens (tertiary/aromatic N) is 2.